The van der Waals surface area contributed by atoms with Crippen LogP contribution in [-0.4, -0.2) is 27.5 Å². The molecule has 7 rings (SSSR count). The fourth-order valence-electron chi connectivity index (χ4n) is 5.49. The first-order valence-electron chi connectivity index (χ1n) is 10.8. The van der Waals surface area contributed by atoms with Crippen molar-refractivity contribution in [3.05, 3.63) is 89.0 Å². The molecule has 2 bridgehead atoms. The Morgan fingerprint density at radius 3 is 2.28 bits per heavy atom. The first kappa shape index (κ1) is 19.5. The molecule has 3 aromatic carbocycles. The molecule has 1 unspecified atom stereocenters. The number of benzene rings is 3. The zero-order valence-corrected chi connectivity index (χ0v) is 18.1. The van der Waals surface area contributed by atoms with E-state index in [0.717, 1.165) is 6.42 Å². The van der Waals surface area contributed by atoms with E-state index in [1.54, 1.807) is 6.07 Å². The third kappa shape index (κ3) is 3.04. The molecule has 0 spiro atoms. The Balaban J connectivity index is 1.28. The van der Waals surface area contributed by atoms with Gasteiger partial charge in [0.25, 0.3) is 5.91 Å². The summed E-state index contributed by atoms with van der Waals surface area (Å²) in [5.74, 6) is 0.807. The van der Waals surface area contributed by atoms with Gasteiger partial charge < -0.3 is 10.1 Å². The molecule has 3 aromatic rings. The molecule has 1 atom stereocenters. The standard InChI is InChI=1S/C25H22N2O4S/c28-24-14-31-23-10-9-16(12-22(23)27-24)32(29,30)26-13-15-11-21-17-5-1-3-7-19(17)25(15)20-8-4-2-6-18(20)21/h1-10,12,15,21,25-26H,11,13-14H2,(H,27,28). The average Bonchev–Trinajstić information content (AvgIpc) is 2.82. The smallest absolute Gasteiger partial charge is 0.262 e. The van der Waals surface area contributed by atoms with Crippen molar-refractivity contribution >= 4 is 21.6 Å². The maximum absolute atomic E-state index is 13.1. The van der Waals surface area contributed by atoms with Crippen LogP contribution >= 0.6 is 0 Å². The van der Waals surface area contributed by atoms with Crippen molar-refractivity contribution < 1.29 is 17.9 Å². The van der Waals surface area contributed by atoms with Crippen LogP contribution in [-0.2, 0) is 14.8 Å². The van der Waals surface area contributed by atoms with E-state index in [1.165, 1.54) is 34.4 Å². The number of amides is 1. The first-order chi connectivity index (χ1) is 15.5. The maximum atomic E-state index is 13.1. The topological polar surface area (TPSA) is 84.5 Å². The lowest BCUT2D eigenvalue weighted by atomic mass is 9.59. The molecule has 0 saturated heterocycles. The van der Waals surface area contributed by atoms with Gasteiger partial charge in [-0.15, -0.1) is 0 Å². The third-order valence-corrected chi connectivity index (χ3v) is 8.27. The predicted octanol–water partition coefficient (Wildman–Crippen LogP) is 3.59. The van der Waals surface area contributed by atoms with Gasteiger partial charge in [-0.05, 0) is 52.8 Å². The van der Waals surface area contributed by atoms with Gasteiger partial charge in [0.1, 0.15) is 5.75 Å². The molecule has 1 aliphatic heterocycles. The fraction of sp³-hybridized carbons (Fsp3) is 0.240. The van der Waals surface area contributed by atoms with E-state index in [0.29, 0.717) is 18.0 Å². The van der Waals surface area contributed by atoms with Gasteiger partial charge >= 0.3 is 0 Å². The van der Waals surface area contributed by atoms with Gasteiger partial charge in [0.2, 0.25) is 10.0 Å². The number of carbonyl (C=O) groups is 1. The second kappa shape index (κ2) is 7.18. The van der Waals surface area contributed by atoms with Crippen molar-refractivity contribution in [3.63, 3.8) is 0 Å². The summed E-state index contributed by atoms with van der Waals surface area (Å²) in [6, 6.07) is 21.6. The number of fused-ring (bicyclic) bond motifs is 2. The number of nitrogens with one attached hydrogen (secondary N) is 2. The van der Waals surface area contributed by atoms with Crippen LogP contribution in [0.5, 0.6) is 5.75 Å². The van der Waals surface area contributed by atoms with Crippen LogP contribution in [0.15, 0.2) is 71.6 Å². The molecule has 162 valence electrons. The molecular formula is C25H22N2O4S. The Morgan fingerprint density at radius 2 is 1.59 bits per heavy atom. The molecule has 3 aliphatic carbocycles. The molecule has 0 fully saturated rings. The molecule has 6 nitrogen and oxygen atoms in total. The lowest BCUT2D eigenvalue weighted by Gasteiger charge is -2.45. The van der Waals surface area contributed by atoms with Crippen molar-refractivity contribution in [3.8, 4) is 5.75 Å². The summed E-state index contributed by atoms with van der Waals surface area (Å²) < 4.78 is 34.3. The number of hydrogen-bond acceptors (Lipinski definition) is 4. The quantitative estimate of drug-likeness (QED) is 0.642. The Labute approximate surface area is 186 Å². The number of ether oxygens (including phenoxy) is 1. The highest BCUT2D eigenvalue weighted by Crippen LogP contribution is 2.55. The van der Waals surface area contributed by atoms with Crippen molar-refractivity contribution in [2.75, 3.05) is 18.5 Å². The van der Waals surface area contributed by atoms with Gasteiger partial charge in [-0.25, -0.2) is 13.1 Å². The van der Waals surface area contributed by atoms with Crippen molar-refractivity contribution in [2.24, 2.45) is 5.92 Å². The minimum Gasteiger partial charge on any atom is -0.482 e. The highest BCUT2D eigenvalue weighted by Gasteiger charge is 2.43. The van der Waals surface area contributed by atoms with E-state index >= 15 is 0 Å². The van der Waals surface area contributed by atoms with Crippen LogP contribution in [0, 0.1) is 5.92 Å². The largest absolute Gasteiger partial charge is 0.482 e. The molecular weight excluding hydrogens is 424 g/mol. The third-order valence-electron chi connectivity index (χ3n) is 6.85. The van der Waals surface area contributed by atoms with E-state index in [2.05, 4.69) is 58.6 Å². The lowest BCUT2D eigenvalue weighted by Crippen LogP contribution is -2.39. The zero-order chi connectivity index (χ0) is 21.9. The van der Waals surface area contributed by atoms with Crippen molar-refractivity contribution in [2.45, 2.75) is 23.2 Å². The molecule has 2 N–H and O–H groups in total. The molecule has 1 amide bonds. The predicted molar refractivity (Wildman–Crippen MR) is 120 cm³/mol. The van der Waals surface area contributed by atoms with Crippen molar-refractivity contribution in [1.29, 1.82) is 0 Å². The summed E-state index contributed by atoms with van der Waals surface area (Å²) in [6.45, 7) is 0.288. The maximum Gasteiger partial charge on any atom is 0.262 e. The molecule has 0 saturated carbocycles. The monoisotopic (exact) mass is 446 g/mol. The van der Waals surface area contributed by atoms with E-state index in [9.17, 15) is 13.2 Å². The van der Waals surface area contributed by atoms with Gasteiger partial charge in [0, 0.05) is 18.4 Å². The Morgan fingerprint density at radius 1 is 0.938 bits per heavy atom. The fourth-order valence-corrected chi connectivity index (χ4v) is 6.61. The second-order valence-electron chi connectivity index (χ2n) is 8.63. The molecule has 4 aliphatic rings. The second-order valence-corrected chi connectivity index (χ2v) is 10.4. The summed E-state index contributed by atoms with van der Waals surface area (Å²) in [5, 5.41) is 2.67. The molecule has 0 aromatic heterocycles. The van der Waals surface area contributed by atoms with E-state index in [1.807, 2.05) is 0 Å². The van der Waals surface area contributed by atoms with Crippen LogP contribution < -0.4 is 14.8 Å². The Hall–Kier alpha value is -3.16. The molecule has 7 heteroatoms. The van der Waals surface area contributed by atoms with Gasteiger partial charge in [0.15, 0.2) is 6.61 Å². The van der Waals surface area contributed by atoms with Crippen LogP contribution in [0.25, 0.3) is 0 Å². The highest BCUT2D eigenvalue weighted by atomic mass is 32.2. The van der Waals surface area contributed by atoms with E-state index < -0.39 is 10.0 Å². The van der Waals surface area contributed by atoms with Gasteiger partial charge in [-0.1, -0.05) is 48.5 Å². The summed E-state index contributed by atoms with van der Waals surface area (Å²) in [4.78, 5) is 11.7. The normalized spacial score (nSPS) is 22.9. The number of rotatable bonds is 4. The lowest BCUT2D eigenvalue weighted by molar-refractivity contribution is -0.118. The SMILES string of the molecule is O=C1COc2ccc(S(=O)(=O)NCC3CC4c5ccccc5C3c3ccccc34)cc2N1. The number of anilines is 1. The van der Waals surface area contributed by atoms with Gasteiger partial charge in [0.05, 0.1) is 10.6 Å². The van der Waals surface area contributed by atoms with E-state index in [4.69, 9.17) is 4.74 Å². The first-order valence-corrected chi connectivity index (χ1v) is 12.2. The van der Waals surface area contributed by atoms with E-state index in [-0.39, 0.29) is 35.2 Å². The Bertz CT molecular complexity index is 1300. The molecule has 1 heterocycles. The minimum atomic E-state index is -3.74. The highest BCUT2D eigenvalue weighted by molar-refractivity contribution is 7.89. The van der Waals surface area contributed by atoms with Crippen LogP contribution in [0.4, 0.5) is 5.69 Å². The van der Waals surface area contributed by atoms with Gasteiger partial charge in [-0.2, -0.15) is 0 Å². The summed E-state index contributed by atoms with van der Waals surface area (Å²) >= 11 is 0. The van der Waals surface area contributed by atoms with Gasteiger partial charge in [-0.3, -0.25) is 4.79 Å². The summed E-state index contributed by atoms with van der Waals surface area (Å²) in [5.41, 5.74) is 5.71. The Kier molecular flexibility index (Phi) is 4.38. The van der Waals surface area contributed by atoms with Crippen molar-refractivity contribution in [1.82, 2.24) is 4.72 Å². The number of sulfonamides is 1. The molecule has 0 radical (unpaired) electrons. The minimum absolute atomic E-state index is 0.0650. The summed E-state index contributed by atoms with van der Waals surface area (Å²) in [7, 11) is -3.74. The van der Waals surface area contributed by atoms with Crippen LogP contribution in [0.1, 0.15) is 40.5 Å². The van der Waals surface area contributed by atoms with Crippen LogP contribution in [0.2, 0.25) is 0 Å². The number of hydrogen-bond donors (Lipinski definition) is 2. The zero-order valence-electron chi connectivity index (χ0n) is 17.2. The molecule has 32 heavy (non-hydrogen) atoms. The van der Waals surface area contributed by atoms with Crippen LogP contribution in [0.3, 0.4) is 0 Å². The average molecular weight is 447 g/mol. The summed E-state index contributed by atoms with van der Waals surface area (Å²) in [6.07, 6.45) is 0.912. The number of carbonyl (C=O) groups excluding carboxylic acids is 1.